The number of nitrogens with zero attached hydrogens (tertiary/aromatic N) is 2. The molecule has 0 bridgehead atoms. The zero-order chi connectivity index (χ0) is 17.6. The van der Waals surface area contributed by atoms with Gasteiger partial charge in [0.1, 0.15) is 5.82 Å². The molecule has 6 heteroatoms. The van der Waals surface area contributed by atoms with Crippen LogP contribution in [0.15, 0.2) is 34.2 Å². The Kier molecular flexibility index (Phi) is 4.41. The Morgan fingerprint density at radius 1 is 1.32 bits per heavy atom. The fourth-order valence-electron chi connectivity index (χ4n) is 4.43. The van der Waals surface area contributed by atoms with Gasteiger partial charge < -0.3 is 9.88 Å². The molecule has 3 atom stereocenters. The Hall–Kier alpha value is -1.66. The summed E-state index contributed by atoms with van der Waals surface area (Å²) in [5.41, 5.74) is 2.70. The molecule has 2 aliphatic rings. The smallest absolute Gasteiger partial charge is 0.255 e. The summed E-state index contributed by atoms with van der Waals surface area (Å²) in [6, 6.07) is 6.96. The van der Waals surface area contributed by atoms with Crippen LogP contribution in [0.1, 0.15) is 29.2 Å². The van der Waals surface area contributed by atoms with Crippen LogP contribution >= 0.6 is 12.6 Å². The largest absolute Gasteiger partial charge is 0.302 e. The predicted molar refractivity (Wildman–Crippen MR) is 97.7 cm³/mol. The molecule has 2 heterocycles. The fourth-order valence-corrected chi connectivity index (χ4v) is 4.69. The molecule has 2 fully saturated rings. The highest BCUT2D eigenvalue weighted by Gasteiger charge is 2.47. The van der Waals surface area contributed by atoms with E-state index in [-0.39, 0.29) is 11.4 Å². The number of H-pyrrole nitrogens is 1. The van der Waals surface area contributed by atoms with Crippen LogP contribution in [0.3, 0.4) is 0 Å². The van der Waals surface area contributed by atoms with Crippen molar-refractivity contribution in [2.45, 2.75) is 30.8 Å². The average molecular weight is 359 g/mol. The monoisotopic (exact) mass is 359 g/mol. The van der Waals surface area contributed by atoms with Crippen molar-refractivity contribution in [3.8, 4) is 0 Å². The van der Waals surface area contributed by atoms with E-state index in [1.807, 2.05) is 19.1 Å². The van der Waals surface area contributed by atoms with Gasteiger partial charge in [-0.2, -0.15) is 0 Å². The quantitative estimate of drug-likeness (QED) is 0.652. The molecule has 1 saturated heterocycles. The maximum atomic E-state index is 13.1. The van der Waals surface area contributed by atoms with E-state index in [4.69, 9.17) is 0 Å². The van der Waals surface area contributed by atoms with E-state index in [0.29, 0.717) is 23.4 Å². The van der Waals surface area contributed by atoms with Crippen molar-refractivity contribution in [3.63, 3.8) is 0 Å². The third kappa shape index (κ3) is 3.25. The van der Waals surface area contributed by atoms with E-state index in [2.05, 4.69) is 27.5 Å². The molecule has 1 aliphatic carbocycles. The summed E-state index contributed by atoms with van der Waals surface area (Å²) in [6.45, 7) is 4.89. The van der Waals surface area contributed by atoms with Gasteiger partial charge in [-0.3, -0.25) is 4.79 Å². The lowest BCUT2D eigenvalue weighted by Crippen LogP contribution is -2.33. The highest BCUT2D eigenvalue weighted by molar-refractivity contribution is 7.80. The molecule has 25 heavy (non-hydrogen) atoms. The van der Waals surface area contributed by atoms with E-state index in [1.165, 1.54) is 12.0 Å². The molecule has 4 nitrogen and oxygen atoms in total. The van der Waals surface area contributed by atoms with Gasteiger partial charge in [0.2, 0.25) is 0 Å². The number of aromatic amines is 1. The number of likely N-dealkylation sites (tertiary alicyclic amines) is 1. The predicted octanol–water partition coefficient (Wildman–Crippen LogP) is 2.78. The summed E-state index contributed by atoms with van der Waals surface area (Å²) < 4.78 is 13.1. The van der Waals surface area contributed by atoms with Crippen LogP contribution in [-0.2, 0) is 6.42 Å². The first-order chi connectivity index (χ1) is 12.0. The summed E-state index contributed by atoms with van der Waals surface area (Å²) in [4.78, 5) is 21.4. The number of rotatable bonds is 4. The van der Waals surface area contributed by atoms with Crippen molar-refractivity contribution in [1.82, 2.24) is 14.9 Å². The van der Waals surface area contributed by atoms with Crippen LogP contribution in [0.4, 0.5) is 4.39 Å². The molecule has 4 rings (SSSR count). The molecule has 132 valence electrons. The maximum absolute atomic E-state index is 13.1. The number of nitrogens with one attached hydrogen (secondary N) is 1. The molecular formula is C19H22FN3OS. The second kappa shape index (κ2) is 6.57. The maximum Gasteiger partial charge on any atom is 0.255 e. The van der Waals surface area contributed by atoms with E-state index >= 15 is 0 Å². The molecule has 0 spiro atoms. The molecule has 1 N–H and O–H groups in total. The Morgan fingerprint density at radius 3 is 2.80 bits per heavy atom. The number of thiol groups is 1. The standard InChI is InChI=1S/C19H22FN3OS/c1-11-15(18(24)22-19(25)21-11)6-7-23-9-13-8-16(17(13)10-23)12-2-4-14(20)5-3-12/h2-5,13,16-17H,6-10H2,1H3,(H2,21,22,24,25). The van der Waals surface area contributed by atoms with Crippen LogP contribution in [0, 0.1) is 24.6 Å². The lowest BCUT2D eigenvalue weighted by molar-refractivity contribution is 0.191. The zero-order valence-electron chi connectivity index (χ0n) is 14.2. The molecule has 1 saturated carbocycles. The second-order valence-corrected chi connectivity index (χ2v) is 7.70. The van der Waals surface area contributed by atoms with E-state index < -0.39 is 0 Å². The van der Waals surface area contributed by atoms with Gasteiger partial charge in [-0.15, -0.1) is 12.6 Å². The van der Waals surface area contributed by atoms with Crippen molar-refractivity contribution in [1.29, 1.82) is 0 Å². The third-order valence-corrected chi connectivity index (χ3v) is 6.04. The van der Waals surface area contributed by atoms with Crippen molar-refractivity contribution < 1.29 is 4.39 Å². The summed E-state index contributed by atoms with van der Waals surface area (Å²) in [5.74, 6) is 1.76. The number of hydrogen-bond acceptors (Lipinski definition) is 4. The van der Waals surface area contributed by atoms with Crippen molar-refractivity contribution in [2.75, 3.05) is 19.6 Å². The fraction of sp³-hybridized carbons (Fsp3) is 0.474. The number of fused-ring (bicyclic) bond motifs is 1. The van der Waals surface area contributed by atoms with Gasteiger partial charge in [0.25, 0.3) is 5.56 Å². The summed E-state index contributed by atoms with van der Waals surface area (Å²) in [7, 11) is 0. The minimum Gasteiger partial charge on any atom is -0.302 e. The molecule has 0 radical (unpaired) electrons. The van der Waals surface area contributed by atoms with E-state index in [0.717, 1.165) is 36.8 Å². The Morgan fingerprint density at radius 2 is 2.08 bits per heavy atom. The Bertz CT molecular complexity index is 836. The molecular weight excluding hydrogens is 337 g/mol. The van der Waals surface area contributed by atoms with Crippen molar-refractivity contribution >= 4 is 12.6 Å². The minimum atomic E-state index is -0.172. The number of benzene rings is 1. The normalized spacial score (nSPS) is 25.6. The molecule has 1 aliphatic heterocycles. The summed E-state index contributed by atoms with van der Waals surface area (Å²) in [6.07, 6.45) is 1.89. The first-order valence-electron chi connectivity index (χ1n) is 8.78. The second-order valence-electron chi connectivity index (χ2n) is 7.28. The minimum absolute atomic E-state index is 0.0798. The van der Waals surface area contributed by atoms with Crippen LogP contribution in [-0.4, -0.2) is 34.5 Å². The Labute approximate surface area is 151 Å². The van der Waals surface area contributed by atoms with Gasteiger partial charge in [0.05, 0.1) is 0 Å². The number of aryl methyl sites for hydroxylation is 1. The van der Waals surface area contributed by atoms with Gasteiger partial charge in [-0.25, -0.2) is 9.37 Å². The lowest BCUT2D eigenvalue weighted by atomic mass is 9.64. The first kappa shape index (κ1) is 16.8. The van der Waals surface area contributed by atoms with Gasteiger partial charge in [0.15, 0.2) is 5.16 Å². The van der Waals surface area contributed by atoms with Gasteiger partial charge in [-0.1, -0.05) is 12.1 Å². The third-order valence-electron chi connectivity index (χ3n) is 5.83. The van der Waals surface area contributed by atoms with E-state index in [1.54, 1.807) is 12.1 Å². The lowest BCUT2D eigenvalue weighted by Gasteiger charge is -2.40. The van der Waals surface area contributed by atoms with Crippen molar-refractivity contribution in [2.24, 2.45) is 11.8 Å². The van der Waals surface area contributed by atoms with Gasteiger partial charge in [0, 0.05) is 30.9 Å². The topological polar surface area (TPSA) is 49.0 Å². The molecule has 2 aromatic rings. The van der Waals surface area contributed by atoms with Gasteiger partial charge >= 0.3 is 0 Å². The summed E-state index contributed by atoms with van der Waals surface area (Å²) >= 11 is 4.11. The van der Waals surface area contributed by atoms with Gasteiger partial charge in [-0.05, 0) is 55.2 Å². The SMILES string of the molecule is Cc1nc(S)[nH]c(=O)c1CCN1CC2CC(c3ccc(F)cc3)C2C1. The van der Waals surface area contributed by atoms with Crippen LogP contribution in [0.2, 0.25) is 0 Å². The highest BCUT2D eigenvalue weighted by Crippen LogP contribution is 2.51. The molecule has 1 aromatic heterocycles. The molecule has 3 unspecified atom stereocenters. The first-order valence-corrected chi connectivity index (χ1v) is 9.22. The van der Waals surface area contributed by atoms with Crippen LogP contribution in [0.5, 0.6) is 0 Å². The highest BCUT2D eigenvalue weighted by atomic mass is 32.1. The Balaban J connectivity index is 1.38. The van der Waals surface area contributed by atoms with Crippen LogP contribution in [0.25, 0.3) is 0 Å². The number of hydrogen-bond donors (Lipinski definition) is 2. The number of aromatic nitrogens is 2. The average Bonchev–Trinajstić information content (AvgIpc) is 2.85. The molecule has 0 amide bonds. The zero-order valence-corrected chi connectivity index (χ0v) is 15.1. The summed E-state index contributed by atoms with van der Waals surface area (Å²) in [5, 5.41) is 0.368. The van der Waals surface area contributed by atoms with Crippen molar-refractivity contribution in [3.05, 3.63) is 57.3 Å². The number of halogens is 1. The van der Waals surface area contributed by atoms with Crippen LogP contribution < -0.4 is 5.56 Å². The molecule has 1 aromatic carbocycles. The van der Waals surface area contributed by atoms with E-state index in [9.17, 15) is 9.18 Å².